The van der Waals surface area contributed by atoms with Crippen molar-refractivity contribution in [2.75, 3.05) is 28.5 Å². The first-order valence-corrected chi connectivity index (χ1v) is 8.74. The summed E-state index contributed by atoms with van der Waals surface area (Å²) in [6.45, 7) is 1.00. The molecule has 0 unspecified atom stereocenters. The number of sulfonamides is 1. The van der Waals surface area contributed by atoms with E-state index in [-0.39, 0.29) is 11.7 Å². The predicted octanol–water partition coefficient (Wildman–Crippen LogP) is 1.29. The third-order valence-corrected chi connectivity index (χ3v) is 5.27. The van der Waals surface area contributed by atoms with Gasteiger partial charge < -0.3 is 11.1 Å². The first-order chi connectivity index (χ1) is 10.0. The Balaban J connectivity index is 2.03. The quantitative estimate of drug-likeness (QED) is 0.857. The van der Waals surface area contributed by atoms with Crippen LogP contribution < -0.4 is 15.4 Å². The van der Waals surface area contributed by atoms with Crippen LogP contribution in [0.15, 0.2) is 24.3 Å². The Morgan fingerprint density at radius 2 is 1.95 bits per heavy atom. The van der Waals surface area contributed by atoms with Crippen molar-refractivity contribution < 1.29 is 13.2 Å². The number of nitrogens with one attached hydrogen (secondary N) is 1. The molecule has 1 aliphatic heterocycles. The van der Waals surface area contributed by atoms with Gasteiger partial charge in [0.2, 0.25) is 15.9 Å². The largest absolute Gasteiger partial charge is 0.330 e. The molecule has 0 aliphatic carbocycles. The Bertz CT molecular complexity index is 584. The maximum atomic E-state index is 12.0. The van der Waals surface area contributed by atoms with Crippen molar-refractivity contribution in [1.82, 2.24) is 0 Å². The second-order valence-corrected chi connectivity index (χ2v) is 7.10. The topological polar surface area (TPSA) is 92.5 Å². The molecule has 7 heteroatoms. The molecule has 6 nitrogen and oxygen atoms in total. The Morgan fingerprint density at radius 1 is 1.24 bits per heavy atom. The summed E-state index contributed by atoms with van der Waals surface area (Å²) in [5.41, 5.74) is 6.67. The number of nitrogens with zero attached hydrogens (tertiary/aromatic N) is 1. The van der Waals surface area contributed by atoms with Gasteiger partial charge in [-0.2, -0.15) is 0 Å². The highest BCUT2D eigenvalue weighted by Crippen LogP contribution is 2.24. The molecule has 1 aromatic carbocycles. The van der Waals surface area contributed by atoms with Gasteiger partial charge in [0.15, 0.2) is 0 Å². The van der Waals surface area contributed by atoms with Gasteiger partial charge in [0.25, 0.3) is 0 Å². The number of nitrogens with two attached hydrogens (primary N) is 1. The van der Waals surface area contributed by atoms with Gasteiger partial charge in [-0.3, -0.25) is 9.10 Å². The summed E-state index contributed by atoms with van der Waals surface area (Å²) >= 11 is 0. The lowest BCUT2D eigenvalue weighted by Crippen LogP contribution is -2.37. The van der Waals surface area contributed by atoms with Crippen molar-refractivity contribution in [3.63, 3.8) is 0 Å². The molecule has 1 amide bonds. The molecule has 0 aromatic heterocycles. The van der Waals surface area contributed by atoms with E-state index in [4.69, 9.17) is 5.73 Å². The Morgan fingerprint density at radius 3 is 2.57 bits per heavy atom. The fourth-order valence-corrected chi connectivity index (χ4v) is 3.92. The van der Waals surface area contributed by atoms with E-state index in [1.54, 1.807) is 24.3 Å². The van der Waals surface area contributed by atoms with Crippen LogP contribution in [0.2, 0.25) is 0 Å². The fourth-order valence-electron chi connectivity index (χ4n) is 2.28. The van der Waals surface area contributed by atoms with Crippen LogP contribution in [-0.2, 0) is 14.8 Å². The lowest BCUT2D eigenvalue weighted by Gasteiger charge is -2.28. The van der Waals surface area contributed by atoms with Gasteiger partial charge in [0.1, 0.15) is 0 Å². The molecule has 1 aromatic rings. The van der Waals surface area contributed by atoms with Gasteiger partial charge in [-0.05, 0) is 50.1 Å². The monoisotopic (exact) mass is 311 g/mol. The molecule has 3 N–H and O–H groups in total. The van der Waals surface area contributed by atoms with Crippen LogP contribution in [0.1, 0.15) is 25.7 Å². The molecule has 1 fully saturated rings. The second kappa shape index (κ2) is 6.91. The first-order valence-electron chi connectivity index (χ1n) is 7.13. The zero-order chi connectivity index (χ0) is 15.3. The van der Waals surface area contributed by atoms with Crippen molar-refractivity contribution in [2.45, 2.75) is 25.7 Å². The van der Waals surface area contributed by atoms with Crippen LogP contribution in [0.25, 0.3) is 0 Å². The van der Waals surface area contributed by atoms with Gasteiger partial charge in [-0.25, -0.2) is 8.42 Å². The summed E-state index contributed by atoms with van der Waals surface area (Å²) in [4.78, 5) is 11.6. The lowest BCUT2D eigenvalue weighted by atomic mass is 10.2. The lowest BCUT2D eigenvalue weighted by molar-refractivity contribution is -0.116. The van der Waals surface area contributed by atoms with Crippen LogP contribution in [-0.4, -0.2) is 33.2 Å². The number of rotatable bonds is 5. The smallest absolute Gasteiger partial charge is 0.235 e. The summed E-state index contributed by atoms with van der Waals surface area (Å²) in [5, 5.41) is 2.77. The van der Waals surface area contributed by atoms with Gasteiger partial charge in [0, 0.05) is 18.7 Å². The molecule has 21 heavy (non-hydrogen) atoms. The Labute approximate surface area is 125 Å². The molecular weight excluding hydrogens is 290 g/mol. The van der Waals surface area contributed by atoms with E-state index >= 15 is 0 Å². The summed E-state index contributed by atoms with van der Waals surface area (Å²) in [6.07, 6.45) is 2.62. The van der Waals surface area contributed by atoms with Crippen molar-refractivity contribution in [3.05, 3.63) is 24.3 Å². The van der Waals surface area contributed by atoms with Crippen LogP contribution in [0.3, 0.4) is 0 Å². The van der Waals surface area contributed by atoms with Crippen molar-refractivity contribution in [2.24, 2.45) is 5.73 Å². The Kier molecular flexibility index (Phi) is 5.19. The molecule has 0 saturated carbocycles. The molecule has 0 atom stereocenters. The van der Waals surface area contributed by atoms with E-state index in [1.165, 1.54) is 4.31 Å². The minimum atomic E-state index is -3.19. The Hall–Kier alpha value is -1.60. The van der Waals surface area contributed by atoms with Gasteiger partial charge in [-0.15, -0.1) is 0 Å². The summed E-state index contributed by atoms with van der Waals surface area (Å²) in [7, 11) is -3.19. The number of anilines is 2. The molecule has 0 spiro atoms. The third-order valence-electron chi connectivity index (χ3n) is 3.40. The normalized spacial score (nSPS) is 17.5. The van der Waals surface area contributed by atoms with Gasteiger partial charge >= 0.3 is 0 Å². The maximum absolute atomic E-state index is 12.0. The minimum Gasteiger partial charge on any atom is -0.330 e. The van der Waals surface area contributed by atoms with Gasteiger partial charge in [-0.1, -0.05) is 0 Å². The van der Waals surface area contributed by atoms with E-state index in [9.17, 15) is 13.2 Å². The average Bonchev–Trinajstić information content (AvgIpc) is 2.46. The number of hydrogen-bond acceptors (Lipinski definition) is 4. The highest BCUT2D eigenvalue weighted by atomic mass is 32.2. The highest BCUT2D eigenvalue weighted by molar-refractivity contribution is 7.92. The highest BCUT2D eigenvalue weighted by Gasteiger charge is 2.25. The van der Waals surface area contributed by atoms with E-state index < -0.39 is 10.0 Å². The fraction of sp³-hybridized carbons (Fsp3) is 0.500. The van der Waals surface area contributed by atoms with Crippen molar-refractivity contribution in [1.29, 1.82) is 0 Å². The zero-order valence-corrected chi connectivity index (χ0v) is 12.7. The maximum Gasteiger partial charge on any atom is 0.235 e. The molecule has 0 radical (unpaired) electrons. The number of carbonyl (C=O) groups excluding carboxylic acids is 1. The van der Waals surface area contributed by atoms with Crippen LogP contribution in [0, 0.1) is 0 Å². The average molecular weight is 311 g/mol. The molecule has 1 saturated heterocycles. The molecule has 1 heterocycles. The third kappa shape index (κ3) is 4.18. The summed E-state index contributed by atoms with van der Waals surface area (Å²) in [6, 6.07) is 6.89. The van der Waals surface area contributed by atoms with Crippen LogP contribution in [0.4, 0.5) is 11.4 Å². The van der Waals surface area contributed by atoms with E-state index in [1.807, 2.05) is 0 Å². The van der Waals surface area contributed by atoms with Crippen molar-refractivity contribution in [3.8, 4) is 0 Å². The molecule has 116 valence electrons. The number of benzene rings is 1. The number of carbonyl (C=O) groups is 1. The summed E-state index contributed by atoms with van der Waals surface area (Å²) < 4.78 is 25.5. The van der Waals surface area contributed by atoms with E-state index in [0.717, 1.165) is 6.42 Å². The van der Waals surface area contributed by atoms with Crippen LogP contribution >= 0.6 is 0 Å². The molecule has 1 aliphatic rings. The predicted molar refractivity (Wildman–Crippen MR) is 83.7 cm³/mol. The first kappa shape index (κ1) is 15.8. The molecule has 2 rings (SSSR count). The number of hydrogen-bond donors (Lipinski definition) is 2. The second-order valence-electron chi connectivity index (χ2n) is 5.08. The summed E-state index contributed by atoms with van der Waals surface area (Å²) in [5.74, 6) is 0.115. The van der Waals surface area contributed by atoms with Gasteiger partial charge in [0.05, 0.1) is 11.4 Å². The standard InChI is InChI=1S/C14H21N3O3S/c15-9-3-4-14(18)16-12-5-7-13(8-6-12)17-10-1-2-11-21(17,19)20/h5-8H,1-4,9-11,15H2,(H,16,18). The SMILES string of the molecule is NCCCC(=O)Nc1ccc(N2CCCCS2(=O)=O)cc1. The van der Waals surface area contributed by atoms with E-state index in [2.05, 4.69) is 5.32 Å². The molecular formula is C14H21N3O3S. The van der Waals surface area contributed by atoms with Crippen LogP contribution in [0.5, 0.6) is 0 Å². The zero-order valence-electron chi connectivity index (χ0n) is 11.9. The minimum absolute atomic E-state index is 0.0844. The van der Waals surface area contributed by atoms with E-state index in [0.29, 0.717) is 43.7 Å². The molecule has 0 bridgehead atoms. The van der Waals surface area contributed by atoms with Crippen molar-refractivity contribution >= 4 is 27.3 Å². The number of amides is 1.